The van der Waals surface area contributed by atoms with Crippen LogP contribution in [0.5, 0.6) is 0 Å². The molecule has 2 aromatic carbocycles. The lowest BCUT2D eigenvalue weighted by atomic mass is 9.47. The largest absolute Gasteiger partial charge is 0.462 e. The van der Waals surface area contributed by atoms with E-state index in [1.165, 1.54) is 73.6 Å². The van der Waals surface area contributed by atoms with E-state index in [4.69, 9.17) is 9.47 Å². The molecule has 7 rings (SSSR count). The Bertz CT molecular complexity index is 1530. The van der Waals surface area contributed by atoms with Crippen LogP contribution in [0.1, 0.15) is 129 Å². The van der Waals surface area contributed by atoms with Gasteiger partial charge in [0.15, 0.2) is 0 Å². The van der Waals surface area contributed by atoms with Crippen LogP contribution in [0.2, 0.25) is 0 Å². The molecule has 5 aliphatic carbocycles. The molecule has 1 N–H and O–H groups in total. The van der Waals surface area contributed by atoms with Gasteiger partial charge in [-0.1, -0.05) is 114 Å². The fraction of sp³-hybridized carbons (Fsp3) is 0.644. The predicted molar refractivity (Wildman–Crippen MR) is 201 cm³/mol. The van der Waals surface area contributed by atoms with Crippen molar-refractivity contribution in [2.24, 2.45) is 46.3 Å². The van der Waals surface area contributed by atoms with Gasteiger partial charge in [0.2, 0.25) is 0 Å². The van der Waals surface area contributed by atoms with Crippen molar-refractivity contribution >= 4 is 12.1 Å². The molecule has 0 bridgehead atoms. The lowest BCUT2D eigenvalue weighted by molar-refractivity contribution is -0.151. The van der Waals surface area contributed by atoms with E-state index >= 15 is 0 Å². The first-order valence-electron chi connectivity index (χ1n) is 20.1. The zero-order valence-corrected chi connectivity index (χ0v) is 31.3. The molecule has 4 unspecified atom stereocenters. The van der Waals surface area contributed by atoms with E-state index in [1.807, 2.05) is 24.3 Å². The lowest BCUT2D eigenvalue weighted by Crippen LogP contribution is -2.51. The minimum atomic E-state index is -0.493. The molecule has 0 aromatic heterocycles. The first-order chi connectivity index (χ1) is 24.1. The Labute approximate surface area is 301 Å². The van der Waals surface area contributed by atoms with E-state index in [0.29, 0.717) is 5.41 Å². The summed E-state index contributed by atoms with van der Waals surface area (Å²) >= 11 is 0. The summed E-state index contributed by atoms with van der Waals surface area (Å²) in [5.41, 5.74) is 7.05. The molecule has 0 saturated heterocycles. The van der Waals surface area contributed by atoms with Crippen molar-refractivity contribution in [2.45, 2.75) is 124 Å². The Morgan fingerprint density at radius 1 is 0.880 bits per heavy atom. The quantitative estimate of drug-likeness (QED) is 0.190. The molecule has 8 atom stereocenters. The Morgan fingerprint density at radius 2 is 1.60 bits per heavy atom. The number of alkyl carbamates (subject to hydrolysis) is 1. The number of carbonyl (C=O) groups excluding carboxylic acids is 2. The van der Waals surface area contributed by atoms with Crippen LogP contribution >= 0.6 is 0 Å². The van der Waals surface area contributed by atoms with Crippen molar-refractivity contribution in [1.82, 2.24) is 5.32 Å². The van der Waals surface area contributed by atoms with E-state index in [0.717, 1.165) is 54.8 Å². The van der Waals surface area contributed by atoms with Crippen LogP contribution in [0.3, 0.4) is 0 Å². The van der Waals surface area contributed by atoms with Gasteiger partial charge in [0.1, 0.15) is 12.7 Å². The van der Waals surface area contributed by atoms with Gasteiger partial charge in [-0.25, -0.2) is 4.79 Å². The number of esters is 1. The second-order valence-electron chi connectivity index (χ2n) is 17.6. The SMILES string of the molecule is CC(C)CCC[C@@H](C)[C@H]1CCC2C3CC=C4CC(OC(=O)CCNC(=O)OCC5c6ccccc6-c6ccccc65)CC[C@]4(C)C3CC[C@@]21C. The first-order valence-corrected chi connectivity index (χ1v) is 20.1. The minimum absolute atomic E-state index is 0.0146. The van der Waals surface area contributed by atoms with Crippen LogP contribution in [-0.4, -0.2) is 31.3 Å². The Balaban J connectivity index is 0.872. The highest BCUT2D eigenvalue weighted by Crippen LogP contribution is 2.67. The number of benzene rings is 2. The number of carbonyl (C=O) groups is 2. The maximum absolute atomic E-state index is 12.9. The van der Waals surface area contributed by atoms with E-state index in [2.05, 4.69) is 70.3 Å². The molecule has 0 aliphatic heterocycles. The van der Waals surface area contributed by atoms with Crippen molar-refractivity contribution in [3.8, 4) is 11.1 Å². The van der Waals surface area contributed by atoms with Crippen molar-refractivity contribution in [1.29, 1.82) is 0 Å². The summed E-state index contributed by atoms with van der Waals surface area (Å²) in [6.45, 7) is 13.0. The number of hydrogen-bond donors (Lipinski definition) is 1. The summed E-state index contributed by atoms with van der Waals surface area (Å²) in [4.78, 5) is 25.5. The van der Waals surface area contributed by atoms with Gasteiger partial charge in [-0.15, -0.1) is 0 Å². The topological polar surface area (TPSA) is 64.6 Å². The monoisotopic (exact) mass is 679 g/mol. The van der Waals surface area contributed by atoms with E-state index in [9.17, 15) is 9.59 Å². The molecule has 2 aromatic rings. The first kappa shape index (κ1) is 35.3. The summed E-state index contributed by atoms with van der Waals surface area (Å²) in [7, 11) is 0. The highest BCUT2D eigenvalue weighted by molar-refractivity contribution is 5.79. The summed E-state index contributed by atoms with van der Waals surface area (Å²) < 4.78 is 11.7. The zero-order valence-electron chi connectivity index (χ0n) is 31.3. The number of amides is 1. The number of rotatable bonds is 11. The molecular formula is C45H61NO4. The highest BCUT2D eigenvalue weighted by Gasteiger charge is 2.59. The fourth-order valence-corrected chi connectivity index (χ4v) is 11.9. The van der Waals surface area contributed by atoms with E-state index in [-0.39, 0.29) is 43.0 Å². The molecule has 5 aliphatic rings. The molecular weight excluding hydrogens is 618 g/mol. The number of ether oxygens (including phenoxy) is 2. The number of hydrogen-bond acceptors (Lipinski definition) is 4. The summed E-state index contributed by atoms with van der Waals surface area (Å²) in [6, 6.07) is 16.6. The average Bonchev–Trinajstić information content (AvgIpc) is 3.62. The lowest BCUT2D eigenvalue weighted by Gasteiger charge is -2.58. The van der Waals surface area contributed by atoms with Gasteiger partial charge in [-0.3, -0.25) is 4.79 Å². The average molecular weight is 680 g/mol. The molecule has 270 valence electrons. The maximum atomic E-state index is 12.9. The van der Waals surface area contributed by atoms with Crippen LogP contribution in [0, 0.1) is 46.3 Å². The van der Waals surface area contributed by atoms with Crippen molar-refractivity contribution in [2.75, 3.05) is 13.2 Å². The molecule has 0 radical (unpaired) electrons. The number of nitrogens with one attached hydrogen (secondary N) is 1. The summed E-state index contributed by atoms with van der Waals surface area (Å²) in [6.07, 6.45) is 16.0. The van der Waals surface area contributed by atoms with E-state index in [1.54, 1.807) is 5.57 Å². The fourth-order valence-electron chi connectivity index (χ4n) is 11.9. The van der Waals surface area contributed by atoms with E-state index < -0.39 is 6.09 Å². The van der Waals surface area contributed by atoms with Gasteiger partial charge in [0.25, 0.3) is 0 Å². The smallest absolute Gasteiger partial charge is 0.407 e. The molecule has 50 heavy (non-hydrogen) atoms. The van der Waals surface area contributed by atoms with Gasteiger partial charge in [-0.2, -0.15) is 0 Å². The Morgan fingerprint density at radius 3 is 2.32 bits per heavy atom. The minimum Gasteiger partial charge on any atom is -0.462 e. The predicted octanol–water partition coefficient (Wildman–Crippen LogP) is 10.9. The third-order valence-corrected chi connectivity index (χ3v) is 14.5. The maximum Gasteiger partial charge on any atom is 0.407 e. The Hall–Kier alpha value is -3.08. The molecule has 5 nitrogen and oxygen atoms in total. The van der Waals surface area contributed by atoms with Gasteiger partial charge < -0.3 is 14.8 Å². The second-order valence-corrected chi connectivity index (χ2v) is 17.6. The third kappa shape index (κ3) is 6.68. The number of allylic oxidation sites excluding steroid dienone is 1. The van der Waals surface area contributed by atoms with Gasteiger partial charge in [-0.05, 0) is 114 Å². The van der Waals surface area contributed by atoms with Crippen LogP contribution in [0.25, 0.3) is 11.1 Å². The molecule has 5 heteroatoms. The normalized spacial score (nSPS) is 31.8. The third-order valence-electron chi connectivity index (χ3n) is 14.5. The summed E-state index contributed by atoms with van der Waals surface area (Å²) in [5, 5.41) is 2.78. The highest BCUT2D eigenvalue weighted by atomic mass is 16.6. The molecule has 3 fully saturated rings. The molecule has 3 saturated carbocycles. The zero-order chi connectivity index (χ0) is 35.0. The van der Waals surface area contributed by atoms with Gasteiger partial charge in [0, 0.05) is 18.9 Å². The van der Waals surface area contributed by atoms with Crippen molar-refractivity contribution in [3.05, 3.63) is 71.3 Å². The van der Waals surface area contributed by atoms with Crippen molar-refractivity contribution < 1.29 is 19.1 Å². The molecule has 0 spiro atoms. The van der Waals surface area contributed by atoms with Crippen molar-refractivity contribution in [3.63, 3.8) is 0 Å². The van der Waals surface area contributed by atoms with Crippen LogP contribution in [0.4, 0.5) is 4.79 Å². The van der Waals surface area contributed by atoms with Gasteiger partial charge in [0.05, 0.1) is 6.42 Å². The van der Waals surface area contributed by atoms with Crippen LogP contribution in [-0.2, 0) is 14.3 Å². The van der Waals surface area contributed by atoms with Gasteiger partial charge >= 0.3 is 12.1 Å². The summed E-state index contributed by atoms with van der Waals surface area (Å²) in [5.74, 6) is 4.73. The number of fused-ring (bicyclic) bond motifs is 8. The molecule has 1 amide bonds. The molecule has 0 heterocycles. The second kappa shape index (κ2) is 14.5. The standard InChI is InChI=1S/C45H61NO4/c1-29(2)11-10-12-30(3)39-19-20-40-37-18-17-31-27-32(21-24-44(31,4)41(37)22-25-45(39,40)5)50-42(47)23-26-46-43(48)49-28-38-35-15-8-6-13-33(35)34-14-7-9-16-36(34)38/h6-9,13-17,29-30,32,37-41H,10-12,18-28H2,1-5H3,(H,46,48)/t30-,32?,37?,39-,40?,41?,44+,45-/m1/s1. The van der Waals surface area contributed by atoms with Crippen LogP contribution < -0.4 is 5.32 Å². The van der Waals surface area contributed by atoms with Crippen LogP contribution in [0.15, 0.2) is 60.2 Å². The Kier molecular flexibility index (Phi) is 10.2.